The summed E-state index contributed by atoms with van der Waals surface area (Å²) in [4.78, 5) is 9.35. The van der Waals surface area contributed by atoms with Crippen molar-refractivity contribution in [1.29, 1.82) is 0 Å². The number of pyridine rings is 1. The first-order chi connectivity index (χ1) is 17.2. The van der Waals surface area contributed by atoms with Gasteiger partial charge in [0, 0.05) is 30.0 Å². The highest BCUT2D eigenvalue weighted by Crippen LogP contribution is 2.40. The molecule has 0 bridgehead atoms. The lowest BCUT2D eigenvalue weighted by Crippen LogP contribution is -2.16. The Morgan fingerprint density at radius 3 is 2.29 bits per heavy atom. The second-order valence-corrected chi connectivity index (χ2v) is 9.96. The average Bonchev–Trinajstić information content (AvgIpc) is 3.63. The van der Waals surface area contributed by atoms with Gasteiger partial charge in [0.1, 0.15) is 11.5 Å². The number of anilines is 2. The van der Waals surface area contributed by atoms with Crippen molar-refractivity contribution in [2.75, 3.05) is 10.6 Å². The molecule has 0 saturated heterocycles. The zero-order valence-corrected chi connectivity index (χ0v) is 20.2. The summed E-state index contributed by atoms with van der Waals surface area (Å²) in [7, 11) is 0. The summed E-state index contributed by atoms with van der Waals surface area (Å²) >= 11 is 7.04. The highest BCUT2D eigenvalue weighted by Gasteiger charge is 2.24. The Balaban J connectivity index is 1.49. The summed E-state index contributed by atoms with van der Waals surface area (Å²) in [6.07, 6.45) is 13.2. The van der Waals surface area contributed by atoms with Crippen molar-refractivity contribution in [1.82, 2.24) is 19.6 Å². The molecule has 1 aromatic carbocycles. The number of hydrogen-bond acceptors (Lipinski definition) is 5. The zero-order chi connectivity index (χ0) is 23.8. The monoisotopic (exact) mass is 490 g/mol. The van der Waals surface area contributed by atoms with Gasteiger partial charge in [-0.2, -0.15) is 5.10 Å². The van der Waals surface area contributed by atoms with E-state index in [-0.39, 0.29) is 5.82 Å². The van der Waals surface area contributed by atoms with Gasteiger partial charge in [0.05, 0.1) is 27.5 Å². The number of fused-ring (bicyclic) bond motifs is 1. The van der Waals surface area contributed by atoms with E-state index in [1.54, 1.807) is 22.8 Å². The second kappa shape index (κ2) is 9.46. The molecular weight excluding hydrogens is 463 g/mol. The molecule has 3 aromatic heterocycles. The largest absolute Gasteiger partial charge is 0.381 e. The molecule has 0 radical (unpaired) electrons. The van der Waals surface area contributed by atoms with E-state index in [2.05, 4.69) is 15.6 Å². The number of nitrogens with zero attached hydrogens (tertiary/aromatic N) is 4. The third-order valence-electron chi connectivity index (χ3n) is 7.17. The third kappa shape index (κ3) is 4.45. The van der Waals surface area contributed by atoms with Gasteiger partial charge in [-0.25, -0.2) is 18.9 Å². The molecule has 0 unspecified atom stereocenters. The quantitative estimate of drug-likeness (QED) is 0.306. The Morgan fingerprint density at radius 1 is 0.886 bits per heavy atom. The average molecular weight is 491 g/mol. The normalized spacial score (nSPS) is 16.9. The number of nitrogens with one attached hydrogen (secondary N) is 2. The molecule has 3 heterocycles. The van der Waals surface area contributed by atoms with Crippen LogP contribution in [0, 0.1) is 5.82 Å². The van der Waals surface area contributed by atoms with E-state index in [9.17, 15) is 4.39 Å². The van der Waals surface area contributed by atoms with E-state index in [0.29, 0.717) is 28.7 Å². The maximum atomic E-state index is 13.7. The van der Waals surface area contributed by atoms with Crippen molar-refractivity contribution >= 4 is 28.8 Å². The third-order valence-corrected chi connectivity index (χ3v) is 7.55. The van der Waals surface area contributed by atoms with Crippen LogP contribution in [0.1, 0.15) is 51.4 Å². The fraction of sp³-hybridized carbons (Fsp3) is 0.370. The first-order valence-corrected chi connectivity index (χ1v) is 12.9. The lowest BCUT2D eigenvalue weighted by molar-refractivity contribution is 0.628. The predicted octanol–water partition coefficient (Wildman–Crippen LogP) is 6.96. The second-order valence-electron chi connectivity index (χ2n) is 9.58. The maximum absolute atomic E-state index is 13.7. The van der Waals surface area contributed by atoms with Crippen LogP contribution in [-0.4, -0.2) is 31.7 Å². The van der Waals surface area contributed by atoms with E-state index in [1.807, 2.05) is 18.3 Å². The molecule has 2 fully saturated rings. The van der Waals surface area contributed by atoms with Crippen molar-refractivity contribution in [3.63, 3.8) is 0 Å². The molecule has 0 amide bonds. The van der Waals surface area contributed by atoms with Gasteiger partial charge >= 0.3 is 0 Å². The molecule has 6 nitrogen and oxygen atoms in total. The van der Waals surface area contributed by atoms with Crippen molar-refractivity contribution in [2.24, 2.45) is 0 Å². The Morgan fingerprint density at radius 2 is 1.57 bits per heavy atom. The van der Waals surface area contributed by atoms with Gasteiger partial charge in [-0.15, -0.1) is 0 Å². The minimum atomic E-state index is -0.287. The van der Waals surface area contributed by atoms with Crippen LogP contribution in [-0.2, 0) is 0 Å². The van der Waals surface area contributed by atoms with Crippen molar-refractivity contribution in [2.45, 2.75) is 63.5 Å². The summed E-state index contributed by atoms with van der Waals surface area (Å²) in [6, 6.07) is 11.1. The minimum Gasteiger partial charge on any atom is -0.381 e. The van der Waals surface area contributed by atoms with Crippen molar-refractivity contribution < 1.29 is 4.39 Å². The molecule has 4 aromatic rings. The van der Waals surface area contributed by atoms with Gasteiger partial charge in [0.2, 0.25) is 5.95 Å². The summed E-state index contributed by atoms with van der Waals surface area (Å²) in [5.41, 5.74) is 4.73. The summed E-state index contributed by atoms with van der Waals surface area (Å²) in [6.45, 7) is 0. The fourth-order valence-corrected chi connectivity index (χ4v) is 5.67. The van der Waals surface area contributed by atoms with Crippen molar-refractivity contribution in [3.8, 4) is 22.5 Å². The summed E-state index contributed by atoms with van der Waals surface area (Å²) in [5.74, 6) is 0.320. The predicted molar refractivity (Wildman–Crippen MR) is 138 cm³/mol. The molecule has 35 heavy (non-hydrogen) atoms. The highest BCUT2D eigenvalue weighted by atomic mass is 35.5. The molecule has 2 N–H and O–H groups in total. The first kappa shape index (κ1) is 22.3. The highest BCUT2D eigenvalue weighted by molar-refractivity contribution is 6.37. The Labute approximate surface area is 208 Å². The Bertz CT molecular complexity index is 1340. The minimum absolute atomic E-state index is 0.287. The van der Waals surface area contributed by atoms with E-state index in [0.717, 1.165) is 53.7 Å². The fourth-order valence-electron chi connectivity index (χ4n) is 5.37. The van der Waals surface area contributed by atoms with Gasteiger partial charge in [-0.1, -0.05) is 37.3 Å². The van der Waals surface area contributed by atoms with E-state index < -0.39 is 0 Å². The Hall–Kier alpha value is -3.19. The lowest BCUT2D eigenvalue weighted by Gasteiger charge is -2.16. The van der Waals surface area contributed by atoms with Crippen LogP contribution in [0.4, 0.5) is 16.0 Å². The maximum Gasteiger partial charge on any atom is 0.223 e. The van der Waals surface area contributed by atoms with Gasteiger partial charge in [0.15, 0.2) is 0 Å². The SMILES string of the molecule is Fc1ccc(-c2nn3ccc(NC4CCCC4)c(Cl)c3c2-c2ccnc(NC3CCCC3)n2)cc1. The lowest BCUT2D eigenvalue weighted by atomic mass is 10.0. The molecule has 2 saturated carbocycles. The van der Waals surface area contributed by atoms with Gasteiger partial charge in [-0.3, -0.25) is 0 Å². The summed E-state index contributed by atoms with van der Waals surface area (Å²) < 4.78 is 15.5. The van der Waals surface area contributed by atoms with Gasteiger partial charge in [0.25, 0.3) is 0 Å². The molecular formula is C27H28ClFN6. The van der Waals surface area contributed by atoms with Crippen LogP contribution in [0.3, 0.4) is 0 Å². The topological polar surface area (TPSA) is 67.1 Å². The van der Waals surface area contributed by atoms with E-state index in [4.69, 9.17) is 21.7 Å². The van der Waals surface area contributed by atoms with Gasteiger partial charge < -0.3 is 10.6 Å². The Kier molecular flexibility index (Phi) is 6.02. The molecule has 0 aliphatic heterocycles. The summed E-state index contributed by atoms with van der Waals surface area (Å²) in [5, 5.41) is 12.6. The molecule has 2 aliphatic rings. The van der Waals surface area contributed by atoms with Crippen LogP contribution in [0.5, 0.6) is 0 Å². The molecule has 0 spiro atoms. The molecule has 180 valence electrons. The van der Waals surface area contributed by atoms with Crippen LogP contribution in [0.15, 0.2) is 48.8 Å². The smallest absolute Gasteiger partial charge is 0.223 e. The van der Waals surface area contributed by atoms with E-state index in [1.165, 1.54) is 37.8 Å². The van der Waals surface area contributed by atoms with Crippen LogP contribution >= 0.6 is 11.6 Å². The van der Waals surface area contributed by atoms with Crippen LogP contribution in [0.25, 0.3) is 28.0 Å². The number of aromatic nitrogens is 4. The van der Waals surface area contributed by atoms with Crippen molar-refractivity contribution in [3.05, 3.63) is 59.6 Å². The van der Waals surface area contributed by atoms with Gasteiger partial charge in [-0.05, 0) is 62.1 Å². The molecule has 2 aliphatic carbocycles. The first-order valence-electron chi connectivity index (χ1n) is 12.5. The number of benzene rings is 1. The standard InChI is InChI=1S/C27H28ClFN6/c28-24-22(31-19-5-1-2-6-19)14-16-35-26(24)23(25(34-35)17-9-11-18(29)12-10-17)21-13-15-30-27(33-21)32-20-7-3-4-8-20/h9-16,19-20,31H,1-8H2,(H,30,32,33). The molecule has 0 atom stereocenters. The van der Waals surface area contributed by atoms with Crippen LogP contribution < -0.4 is 10.6 Å². The number of hydrogen-bond donors (Lipinski definition) is 2. The zero-order valence-electron chi connectivity index (χ0n) is 19.5. The molecule has 6 rings (SSSR count). The van der Waals surface area contributed by atoms with E-state index >= 15 is 0 Å². The van der Waals surface area contributed by atoms with Crippen LogP contribution in [0.2, 0.25) is 5.02 Å². The number of halogens is 2. The number of rotatable bonds is 6. The molecule has 8 heteroatoms.